The van der Waals surface area contributed by atoms with Crippen LogP contribution in [0.5, 0.6) is 0 Å². The number of carboxylic acids is 1. The quantitative estimate of drug-likeness (QED) is 0.430. The van der Waals surface area contributed by atoms with E-state index in [0.29, 0.717) is 4.24 Å². The molecule has 3 unspecified atom stereocenters. The van der Waals surface area contributed by atoms with E-state index < -0.39 is 18.0 Å². The third-order valence-corrected chi connectivity index (χ3v) is 5.27. The van der Waals surface area contributed by atoms with Gasteiger partial charge >= 0.3 is 29.6 Å². The number of hydrogen-bond acceptors (Lipinski definition) is 6. The van der Waals surface area contributed by atoms with E-state index in [-0.39, 0.29) is 46.5 Å². The Morgan fingerprint density at radius 1 is 1.67 bits per heavy atom. The number of β-lactam (4-membered cyclic amide) rings is 1. The van der Waals surface area contributed by atoms with Gasteiger partial charge in [0.05, 0.1) is 27.9 Å². The number of hydrogen-bond donors (Lipinski definition) is 1. The van der Waals surface area contributed by atoms with E-state index in [9.17, 15) is 19.8 Å². The SMILES string of the molecule is CCSC1=C(C(=O)[O-])N2C(=O)C(C(C)O)C2S1.[Na+]. The number of fused-ring (bicyclic) bond motifs is 1. The first-order valence-electron chi connectivity index (χ1n) is 5.25. The minimum Gasteiger partial charge on any atom is -0.543 e. The van der Waals surface area contributed by atoms with Gasteiger partial charge in [-0.05, 0) is 12.7 Å². The molecule has 2 heterocycles. The maximum Gasteiger partial charge on any atom is 1.00 e. The summed E-state index contributed by atoms with van der Waals surface area (Å²) in [7, 11) is 0. The number of nitrogens with zero attached hydrogens (tertiary/aromatic N) is 1. The molecule has 94 valence electrons. The average molecular weight is 297 g/mol. The molecule has 3 atom stereocenters. The molecule has 1 amide bonds. The van der Waals surface area contributed by atoms with Crippen molar-refractivity contribution in [3.63, 3.8) is 0 Å². The summed E-state index contributed by atoms with van der Waals surface area (Å²) >= 11 is 2.71. The van der Waals surface area contributed by atoms with Gasteiger partial charge in [0.1, 0.15) is 5.37 Å². The Labute approximate surface area is 136 Å². The van der Waals surface area contributed by atoms with Crippen molar-refractivity contribution >= 4 is 35.4 Å². The van der Waals surface area contributed by atoms with Crippen LogP contribution in [0.25, 0.3) is 0 Å². The first-order valence-corrected chi connectivity index (χ1v) is 7.11. The Morgan fingerprint density at radius 3 is 2.72 bits per heavy atom. The third kappa shape index (κ3) is 2.48. The van der Waals surface area contributed by atoms with E-state index in [0.717, 1.165) is 5.75 Å². The van der Waals surface area contributed by atoms with Gasteiger partial charge in [-0.2, -0.15) is 0 Å². The Hall–Kier alpha value is 0.340. The van der Waals surface area contributed by atoms with Crippen LogP contribution < -0.4 is 34.7 Å². The van der Waals surface area contributed by atoms with E-state index in [4.69, 9.17) is 0 Å². The zero-order chi connectivity index (χ0) is 12.7. The predicted octanol–water partition coefficient (Wildman–Crippen LogP) is -3.43. The molecule has 8 heteroatoms. The van der Waals surface area contributed by atoms with Crippen molar-refractivity contribution < 1.29 is 49.4 Å². The van der Waals surface area contributed by atoms with Crippen LogP contribution in [-0.2, 0) is 9.59 Å². The smallest absolute Gasteiger partial charge is 0.543 e. The van der Waals surface area contributed by atoms with Crippen LogP contribution >= 0.6 is 23.5 Å². The minimum absolute atomic E-state index is 0. The molecule has 0 radical (unpaired) electrons. The van der Waals surface area contributed by atoms with Gasteiger partial charge in [0.2, 0.25) is 5.91 Å². The topological polar surface area (TPSA) is 80.7 Å². The van der Waals surface area contributed by atoms with Crippen molar-refractivity contribution in [2.45, 2.75) is 25.3 Å². The van der Waals surface area contributed by atoms with Crippen LogP contribution in [-0.4, -0.2) is 39.1 Å². The van der Waals surface area contributed by atoms with Crippen LogP contribution in [0.2, 0.25) is 0 Å². The van der Waals surface area contributed by atoms with Gasteiger partial charge in [-0.15, -0.1) is 11.8 Å². The van der Waals surface area contributed by atoms with Crippen LogP contribution in [0.3, 0.4) is 0 Å². The predicted molar refractivity (Wildman–Crippen MR) is 63.6 cm³/mol. The van der Waals surface area contributed by atoms with Crippen LogP contribution in [0.4, 0.5) is 0 Å². The van der Waals surface area contributed by atoms with Gasteiger partial charge in [0, 0.05) is 0 Å². The first kappa shape index (κ1) is 16.4. The largest absolute Gasteiger partial charge is 1.00 e. The van der Waals surface area contributed by atoms with Gasteiger partial charge in [0.25, 0.3) is 0 Å². The second kappa shape index (κ2) is 6.19. The molecule has 5 nitrogen and oxygen atoms in total. The van der Waals surface area contributed by atoms with E-state index in [1.807, 2.05) is 6.92 Å². The number of carbonyl (C=O) groups is 2. The number of thioether (sulfide) groups is 2. The number of aliphatic hydroxyl groups is 1. The van der Waals surface area contributed by atoms with Gasteiger partial charge < -0.3 is 15.0 Å². The third-order valence-electron chi connectivity index (χ3n) is 2.73. The standard InChI is InChI=1S/C10H13NO4S2.Na/c1-3-16-10-6(9(14)15)11-7(13)5(4(2)12)8(11)17-10;/h4-5,8,12H,3H2,1-2H3,(H,14,15);/q;+1/p-1. The average Bonchev–Trinajstić information content (AvgIpc) is 2.53. The Bertz CT molecular complexity index is 413. The molecular formula is C10H12NNaO4S2. The molecule has 0 saturated carbocycles. The molecule has 0 aromatic heterocycles. The van der Waals surface area contributed by atoms with E-state index >= 15 is 0 Å². The Kier molecular flexibility index (Phi) is 5.64. The maximum absolute atomic E-state index is 11.8. The monoisotopic (exact) mass is 297 g/mol. The molecular weight excluding hydrogens is 285 g/mol. The molecule has 0 aromatic carbocycles. The fraction of sp³-hybridized carbons (Fsp3) is 0.600. The van der Waals surface area contributed by atoms with Gasteiger partial charge in [-0.1, -0.05) is 18.7 Å². The number of carbonyl (C=O) groups excluding carboxylic acids is 2. The minimum atomic E-state index is -1.33. The Morgan fingerprint density at radius 2 is 2.28 bits per heavy atom. The number of rotatable bonds is 4. The maximum atomic E-state index is 11.8. The summed E-state index contributed by atoms with van der Waals surface area (Å²) in [5, 5.41) is 20.2. The van der Waals surface area contributed by atoms with Crippen LogP contribution in [0.15, 0.2) is 9.93 Å². The summed E-state index contributed by atoms with van der Waals surface area (Å²) in [6.45, 7) is 3.46. The second-order valence-corrected chi connectivity index (χ2v) is 6.50. The normalized spacial score (nSPS) is 27.5. The molecule has 2 aliphatic rings. The summed E-state index contributed by atoms with van der Waals surface area (Å²) in [5.74, 6) is -1.44. The molecule has 2 aliphatic heterocycles. The number of amides is 1. The zero-order valence-electron chi connectivity index (χ0n) is 10.4. The van der Waals surface area contributed by atoms with E-state index in [1.54, 1.807) is 6.92 Å². The molecule has 0 aliphatic carbocycles. The first-order chi connectivity index (χ1) is 7.99. The summed E-state index contributed by atoms with van der Waals surface area (Å²) in [4.78, 5) is 24.0. The molecule has 0 aromatic rings. The molecule has 1 N–H and O–H groups in total. The fourth-order valence-electron chi connectivity index (χ4n) is 1.97. The van der Waals surface area contributed by atoms with Crippen molar-refractivity contribution in [1.29, 1.82) is 0 Å². The summed E-state index contributed by atoms with van der Waals surface area (Å²) in [5.41, 5.74) is -0.0336. The van der Waals surface area contributed by atoms with Crippen molar-refractivity contribution in [3.8, 4) is 0 Å². The molecule has 1 fully saturated rings. The fourth-order valence-corrected chi connectivity index (χ4v) is 4.79. The second-order valence-electron chi connectivity index (χ2n) is 3.84. The van der Waals surface area contributed by atoms with Gasteiger partial charge in [-0.25, -0.2) is 0 Å². The summed E-state index contributed by atoms with van der Waals surface area (Å²) in [6.07, 6.45) is -0.759. The molecule has 1 saturated heterocycles. The van der Waals surface area contributed by atoms with Crippen LogP contribution in [0, 0.1) is 5.92 Å². The van der Waals surface area contributed by atoms with E-state index in [2.05, 4.69) is 0 Å². The number of carboxylic acid groups (broad SMARTS) is 1. The van der Waals surface area contributed by atoms with Crippen molar-refractivity contribution in [2.75, 3.05) is 5.75 Å². The number of aliphatic carboxylic acids is 1. The van der Waals surface area contributed by atoms with Gasteiger partial charge in [-0.3, -0.25) is 9.69 Å². The van der Waals surface area contributed by atoms with Crippen molar-refractivity contribution in [3.05, 3.63) is 9.93 Å². The van der Waals surface area contributed by atoms with Gasteiger partial charge in [0.15, 0.2) is 0 Å². The van der Waals surface area contributed by atoms with Crippen LogP contribution in [0.1, 0.15) is 13.8 Å². The van der Waals surface area contributed by atoms with Crippen molar-refractivity contribution in [2.24, 2.45) is 5.92 Å². The van der Waals surface area contributed by atoms with E-state index in [1.165, 1.54) is 28.4 Å². The molecule has 0 spiro atoms. The summed E-state index contributed by atoms with van der Waals surface area (Å²) < 4.78 is 0.606. The molecule has 2 rings (SSSR count). The van der Waals surface area contributed by atoms with Crippen molar-refractivity contribution in [1.82, 2.24) is 4.90 Å². The molecule has 18 heavy (non-hydrogen) atoms. The Balaban J connectivity index is 0.00000162. The molecule has 0 bridgehead atoms. The zero-order valence-corrected chi connectivity index (χ0v) is 14.0. The summed E-state index contributed by atoms with van der Waals surface area (Å²) in [6, 6.07) is 0. The number of aliphatic hydroxyl groups excluding tert-OH is 1.